The Morgan fingerprint density at radius 2 is 1.97 bits per heavy atom. The van der Waals surface area contributed by atoms with Crippen LogP contribution in [0, 0.1) is 0 Å². The highest BCUT2D eigenvalue weighted by Crippen LogP contribution is 2.16. The lowest BCUT2D eigenvalue weighted by molar-refractivity contribution is -0.133. The largest absolute Gasteiger partial charge is 0.379 e. The maximum atomic E-state index is 12.6. The molecule has 0 radical (unpaired) electrons. The van der Waals surface area contributed by atoms with Gasteiger partial charge in [-0.1, -0.05) is 42.5 Å². The molecule has 30 heavy (non-hydrogen) atoms. The Labute approximate surface area is 179 Å². The Balaban J connectivity index is 1.52. The minimum Gasteiger partial charge on any atom is -0.379 e. The number of carbonyl (C=O) groups is 2. The van der Waals surface area contributed by atoms with Gasteiger partial charge in [0.1, 0.15) is 0 Å². The molecule has 1 aromatic rings. The zero-order valence-corrected chi connectivity index (χ0v) is 18.1. The van der Waals surface area contributed by atoms with Gasteiger partial charge in [0.2, 0.25) is 11.8 Å². The first-order chi connectivity index (χ1) is 14.5. The maximum absolute atomic E-state index is 12.6. The van der Waals surface area contributed by atoms with Gasteiger partial charge in [-0.2, -0.15) is 0 Å². The summed E-state index contributed by atoms with van der Waals surface area (Å²) in [6.07, 6.45) is 4.28. The van der Waals surface area contributed by atoms with Crippen molar-refractivity contribution >= 4 is 17.9 Å². The smallest absolute Gasteiger partial charge is 0.237 e. The van der Waals surface area contributed by atoms with Crippen molar-refractivity contribution in [2.24, 2.45) is 0 Å². The Morgan fingerprint density at radius 3 is 2.70 bits per heavy atom. The van der Waals surface area contributed by atoms with Crippen LogP contribution in [0.1, 0.15) is 25.8 Å². The first kappa shape index (κ1) is 22.5. The van der Waals surface area contributed by atoms with Crippen LogP contribution in [0.15, 0.2) is 36.4 Å². The van der Waals surface area contributed by atoms with Crippen LogP contribution in [-0.2, 0) is 14.3 Å². The molecule has 1 aromatic carbocycles. The summed E-state index contributed by atoms with van der Waals surface area (Å²) >= 11 is 0. The molecule has 164 valence electrons. The average Bonchev–Trinajstić information content (AvgIpc) is 2.76. The monoisotopic (exact) mass is 414 g/mol. The van der Waals surface area contributed by atoms with E-state index in [1.165, 1.54) is 0 Å². The fourth-order valence-electron chi connectivity index (χ4n) is 3.93. The van der Waals surface area contributed by atoms with Gasteiger partial charge < -0.3 is 15.4 Å². The van der Waals surface area contributed by atoms with Gasteiger partial charge in [0, 0.05) is 44.8 Å². The predicted octanol–water partition coefficient (Wildman–Crippen LogP) is 1.12. The van der Waals surface area contributed by atoms with Gasteiger partial charge in [-0.15, -0.1) is 0 Å². The van der Waals surface area contributed by atoms with Crippen molar-refractivity contribution in [3.63, 3.8) is 0 Å². The fraction of sp³-hybridized carbons (Fsp3) is 0.565. The van der Waals surface area contributed by atoms with Crippen LogP contribution in [0.2, 0.25) is 0 Å². The molecule has 2 heterocycles. The van der Waals surface area contributed by atoms with Gasteiger partial charge in [-0.05, 0) is 19.4 Å². The summed E-state index contributed by atoms with van der Waals surface area (Å²) in [6, 6.07) is 9.63. The first-order valence-corrected chi connectivity index (χ1v) is 10.8. The number of piperazine rings is 1. The van der Waals surface area contributed by atoms with Gasteiger partial charge in [0.15, 0.2) is 0 Å². The molecule has 7 nitrogen and oxygen atoms in total. The summed E-state index contributed by atoms with van der Waals surface area (Å²) in [7, 11) is 0. The van der Waals surface area contributed by atoms with E-state index in [1.54, 1.807) is 0 Å². The van der Waals surface area contributed by atoms with Crippen LogP contribution in [0.5, 0.6) is 0 Å². The molecule has 2 aliphatic rings. The molecule has 2 N–H and O–H groups in total. The van der Waals surface area contributed by atoms with Crippen LogP contribution >= 0.6 is 0 Å². The zero-order valence-electron chi connectivity index (χ0n) is 18.1. The lowest BCUT2D eigenvalue weighted by Gasteiger charge is -2.41. The molecule has 0 saturated carbocycles. The standard InChI is InChI=1S/C23H34N4O3/c1-23(2,27-13-15-30-16-14-27)18-25-21(28)17-20-22(29)24-10-12-26(20)11-6-9-19-7-4-3-5-8-19/h3-9,20H,10-18H2,1-2H3,(H,24,29)(H,25,28). The second kappa shape index (κ2) is 10.7. The number of nitrogens with one attached hydrogen (secondary N) is 2. The minimum absolute atomic E-state index is 0.0723. The summed E-state index contributed by atoms with van der Waals surface area (Å²) in [5.41, 5.74) is 0.977. The normalized spacial score (nSPS) is 21.5. The summed E-state index contributed by atoms with van der Waals surface area (Å²) in [4.78, 5) is 29.5. The van der Waals surface area contributed by atoms with Crippen LogP contribution in [-0.4, -0.2) is 85.7 Å². The molecule has 0 bridgehead atoms. The third kappa shape index (κ3) is 6.39. The van der Waals surface area contributed by atoms with Gasteiger partial charge >= 0.3 is 0 Å². The number of ether oxygens (including phenoxy) is 1. The molecule has 0 spiro atoms. The lowest BCUT2D eigenvalue weighted by Crippen LogP contribution is -2.58. The number of amides is 2. The highest BCUT2D eigenvalue weighted by Gasteiger charge is 2.32. The van der Waals surface area contributed by atoms with E-state index in [9.17, 15) is 9.59 Å². The molecule has 2 saturated heterocycles. The highest BCUT2D eigenvalue weighted by molar-refractivity contribution is 5.88. The van der Waals surface area contributed by atoms with Gasteiger partial charge in [-0.3, -0.25) is 19.4 Å². The van der Waals surface area contributed by atoms with E-state index in [0.717, 1.165) is 38.4 Å². The summed E-state index contributed by atoms with van der Waals surface area (Å²) < 4.78 is 5.42. The molecule has 2 fully saturated rings. The topological polar surface area (TPSA) is 73.9 Å². The summed E-state index contributed by atoms with van der Waals surface area (Å²) in [5.74, 6) is -0.160. The van der Waals surface area contributed by atoms with Crippen molar-refractivity contribution in [1.82, 2.24) is 20.4 Å². The number of carbonyl (C=O) groups excluding carboxylic acids is 2. The molecule has 0 aromatic heterocycles. The van der Waals surface area contributed by atoms with E-state index < -0.39 is 6.04 Å². The predicted molar refractivity (Wildman–Crippen MR) is 118 cm³/mol. The molecular weight excluding hydrogens is 380 g/mol. The zero-order chi connectivity index (χ0) is 21.4. The molecule has 1 unspecified atom stereocenters. The Hall–Kier alpha value is -2.22. The second-order valence-corrected chi connectivity index (χ2v) is 8.51. The van der Waals surface area contributed by atoms with E-state index in [-0.39, 0.29) is 23.8 Å². The average molecular weight is 415 g/mol. The molecule has 2 amide bonds. The Morgan fingerprint density at radius 1 is 1.23 bits per heavy atom. The first-order valence-electron chi connectivity index (χ1n) is 10.8. The number of morpholine rings is 1. The third-order valence-corrected chi connectivity index (χ3v) is 5.86. The third-order valence-electron chi connectivity index (χ3n) is 5.86. The molecule has 2 aliphatic heterocycles. The molecule has 1 atom stereocenters. The molecule has 0 aliphatic carbocycles. The van der Waals surface area contributed by atoms with Crippen LogP contribution in [0.3, 0.4) is 0 Å². The van der Waals surface area contributed by atoms with Crippen LogP contribution in [0.4, 0.5) is 0 Å². The van der Waals surface area contributed by atoms with Crippen molar-refractivity contribution in [2.75, 3.05) is 52.5 Å². The van der Waals surface area contributed by atoms with Crippen molar-refractivity contribution in [2.45, 2.75) is 31.8 Å². The Bertz CT molecular complexity index is 729. The highest BCUT2D eigenvalue weighted by atomic mass is 16.5. The lowest BCUT2D eigenvalue weighted by atomic mass is 10.0. The van der Waals surface area contributed by atoms with E-state index >= 15 is 0 Å². The molecule has 7 heteroatoms. The number of benzene rings is 1. The van der Waals surface area contributed by atoms with Gasteiger partial charge in [0.25, 0.3) is 0 Å². The van der Waals surface area contributed by atoms with Crippen molar-refractivity contribution in [3.8, 4) is 0 Å². The summed E-state index contributed by atoms with van der Waals surface area (Å²) in [6.45, 7) is 10.00. The van der Waals surface area contributed by atoms with Gasteiger partial charge in [0.05, 0.1) is 25.7 Å². The number of rotatable bonds is 8. The van der Waals surface area contributed by atoms with Crippen molar-refractivity contribution < 1.29 is 14.3 Å². The van der Waals surface area contributed by atoms with E-state index in [1.807, 2.05) is 30.3 Å². The number of hydrogen-bond acceptors (Lipinski definition) is 5. The van der Waals surface area contributed by atoms with Crippen LogP contribution in [0.25, 0.3) is 6.08 Å². The number of hydrogen-bond donors (Lipinski definition) is 2. The van der Waals surface area contributed by atoms with E-state index in [4.69, 9.17) is 4.74 Å². The fourth-order valence-corrected chi connectivity index (χ4v) is 3.93. The van der Waals surface area contributed by atoms with Crippen molar-refractivity contribution in [1.29, 1.82) is 0 Å². The van der Waals surface area contributed by atoms with Gasteiger partial charge in [-0.25, -0.2) is 0 Å². The quantitative estimate of drug-likeness (QED) is 0.667. The SMILES string of the molecule is CC(C)(CNC(=O)CC1C(=O)NCCN1CC=Cc1ccccc1)N1CCOCC1. The maximum Gasteiger partial charge on any atom is 0.237 e. The van der Waals surface area contributed by atoms with E-state index in [0.29, 0.717) is 19.6 Å². The van der Waals surface area contributed by atoms with Crippen LogP contribution < -0.4 is 10.6 Å². The Kier molecular flexibility index (Phi) is 8.01. The second-order valence-electron chi connectivity index (χ2n) is 8.51. The van der Waals surface area contributed by atoms with Crippen molar-refractivity contribution in [3.05, 3.63) is 42.0 Å². The molecular formula is C23H34N4O3. The number of nitrogens with zero attached hydrogens (tertiary/aromatic N) is 2. The minimum atomic E-state index is -0.439. The molecule has 3 rings (SSSR count). The summed E-state index contributed by atoms with van der Waals surface area (Å²) in [5, 5.41) is 5.94. The van der Waals surface area contributed by atoms with E-state index in [2.05, 4.69) is 46.4 Å².